The van der Waals surface area contributed by atoms with E-state index in [4.69, 9.17) is 16.3 Å². The van der Waals surface area contributed by atoms with E-state index in [9.17, 15) is 0 Å². The van der Waals surface area contributed by atoms with Gasteiger partial charge in [0.05, 0.1) is 6.61 Å². The van der Waals surface area contributed by atoms with Crippen molar-refractivity contribution in [1.82, 2.24) is 0 Å². The fourth-order valence-corrected chi connectivity index (χ4v) is 3.17. The van der Waals surface area contributed by atoms with Crippen molar-refractivity contribution in [1.29, 1.82) is 0 Å². The number of halogens is 3. The van der Waals surface area contributed by atoms with Gasteiger partial charge in [0.2, 0.25) is 0 Å². The van der Waals surface area contributed by atoms with E-state index in [-0.39, 0.29) is 0 Å². The smallest absolute Gasteiger partial charge is 0.119 e. The maximum Gasteiger partial charge on any atom is 0.119 e. The molecule has 20 heavy (non-hydrogen) atoms. The van der Waals surface area contributed by atoms with Crippen molar-refractivity contribution in [3.63, 3.8) is 0 Å². The van der Waals surface area contributed by atoms with E-state index in [1.54, 1.807) is 0 Å². The molecule has 0 saturated heterocycles. The molecule has 0 amide bonds. The molecule has 0 bridgehead atoms. The topological polar surface area (TPSA) is 9.23 Å². The molecular formula is C16H15Br2ClO. The highest BCUT2D eigenvalue weighted by Crippen LogP contribution is 2.28. The summed E-state index contributed by atoms with van der Waals surface area (Å²) in [6.07, 6.45) is 0.891. The van der Waals surface area contributed by atoms with Crippen LogP contribution in [0.3, 0.4) is 0 Å². The van der Waals surface area contributed by atoms with Gasteiger partial charge in [-0.1, -0.05) is 50.1 Å². The Bertz CT molecular complexity index is 542. The summed E-state index contributed by atoms with van der Waals surface area (Å²) in [7, 11) is 0. The van der Waals surface area contributed by atoms with Crippen molar-refractivity contribution < 1.29 is 4.74 Å². The maximum absolute atomic E-state index is 6.09. The van der Waals surface area contributed by atoms with Crippen LogP contribution in [0.15, 0.2) is 57.5 Å². The second-order valence-electron chi connectivity index (χ2n) is 4.46. The van der Waals surface area contributed by atoms with E-state index in [2.05, 4.69) is 37.9 Å². The first kappa shape index (κ1) is 15.9. The van der Waals surface area contributed by atoms with Crippen LogP contribution in [-0.4, -0.2) is 12.5 Å². The van der Waals surface area contributed by atoms with Crippen molar-refractivity contribution in [2.24, 2.45) is 0 Å². The minimum absolute atomic E-state index is 0.294. The standard InChI is InChI=1S/C16H15Br2ClO/c17-13-5-7-14(8-6-13)20-10-9-12(11-19)15-3-1-2-4-16(15)18/h1-8,12H,9-11H2. The number of alkyl halides is 1. The van der Waals surface area contributed by atoms with Gasteiger partial charge in [-0.15, -0.1) is 11.6 Å². The average molecular weight is 419 g/mol. The number of hydrogen-bond donors (Lipinski definition) is 0. The second kappa shape index (κ2) is 8.06. The lowest BCUT2D eigenvalue weighted by molar-refractivity contribution is 0.301. The zero-order valence-corrected chi connectivity index (χ0v) is 14.8. The Morgan fingerprint density at radius 1 is 1.00 bits per heavy atom. The third-order valence-corrected chi connectivity index (χ3v) is 4.70. The summed E-state index contributed by atoms with van der Waals surface area (Å²) in [5.74, 6) is 1.77. The fourth-order valence-electron chi connectivity index (χ4n) is 1.97. The lowest BCUT2D eigenvalue weighted by Gasteiger charge is -2.16. The van der Waals surface area contributed by atoms with Gasteiger partial charge in [0.25, 0.3) is 0 Å². The van der Waals surface area contributed by atoms with Crippen LogP contribution in [0.4, 0.5) is 0 Å². The second-order valence-corrected chi connectivity index (χ2v) is 6.54. The fraction of sp³-hybridized carbons (Fsp3) is 0.250. The monoisotopic (exact) mass is 416 g/mol. The molecule has 0 aromatic heterocycles. The Hall–Kier alpha value is -0.510. The zero-order chi connectivity index (χ0) is 14.4. The summed E-state index contributed by atoms with van der Waals surface area (Å²) in [4.78, 5) is 0. The molecule has 0 aliphatic rings. The van der Waals surface area contributed by atoms with Crippen molar-refractivity contribution in [2.45, 2.75) is 12.3 Å². The number of rotatable bonds is 6. The molecule has 2 rings (SSSR count). The first-order valence-electron chi connectivity index (χ1n) is 6.39. The molecule has 0 heterocycles. The van der Waals surface area contributed by atoms with Gasteiger partial charge < -0.3 is 4.74 Å². The number of benzene rings is 2. The minimum atomic E-state index is 0.294. The molecule has 0 aliphatic heterocycles. The van der Waals surface area contributed by atoms with E-state index >= 15 is 0 Å². The minimum Gasteiger partial charge on any atom is -0.494 e. The number of ether oxygens (including phenoxy) is 1. The van der Waals surface area contributed by atoms with Gasteiger partial charge in [-0.2, -0.15) is 0 Å². The Balaban J connectivity index is 1.91. The highest BCUT2D eigenvalue weighted by molar-refractivity contribution is 9.10. The molecule has 1 unspecified atom stereocenters. The van der Waals surface area contributed by atoms with Crippen molar-refractivity contribution >= 4 is 43.5 Å². The Kier molecular flexibility index (Phi) is 6.40. The molecule has 0 spiro atoms. The SMILES string of the molecule is ClCC(CCOc1ccc(Br)cc1)c1ccccc1Br. The van der Waals surface area contributed by atoms with Gasteiger partial charge in [-0.05, 0) is 42.3 Å². The van der Waals surface area contributed by atoms with Crippen LogP contribution in [0.1, 0.15) is 17.9 Å². The Morgan fingerprint density at radius 2 is 1.70 bits per heavy atom. The normalized spacial score (nSPS) is 12.2. The Morgan fingerprint density at radius 3 is 2.35 bits per heavy atom. The van der Waals surface area contributed by atoms with Crippen molar-refractivity contribution in [2.75, 3.05) is 12.5 Å². The highest BCUT2D eigenvalue weighted by Gasteiger charge is 2.13. The van der Waals surface area contributed by atoms with E-state index in [0.717, 1.165) is 21.1 Å². The predicted octanol–water partition coefficient (Wildman–Crippen LogP) is 6.00. The number of hydrogen-bond acceptors (Lipinski definition) is 1. The van der Waals surface area contributed by atoms with Crippen LogP contribution in [0.25, 0.3) is 0 Å². The van der Waals surface area contributed by atoms with Crippen LogP contribution in [0.5, 0.6) is 5.75 Å². The summed E-state index contributed by atoms with van der Waals surface area (Å²) in [6.45, 7) is 0.653. The molecule has 0 radical (unpaired) electrons. The van der Waals surface area contributed by atoms with Gasteiger partial charge in [0.1, 0.15) is 5.75 Å². The first-order chi connectivity index (χ1) is 9.70. The zero-order valence-electron chi connectivity index (χ0n) is 10.9. The highest BCUT2D eigenvalue weighted by atomic mass is 79.9. The molecule has 1 nitrogen and oxygen atoms in total. The van der Waals surface area contributed by atoms with Crippen LogP contribution < -0.4 is 4.74 Å². The van der Waals surface area contributed by atoms with Gasteiger partial charge in [-0.25, -0.2) is 0 Å². The predicted molar refractivity (Wildman–Crippen MR) is 91.9 cm³/mol. The van der Waals surface area contributed by atoms with Gasteiger partial charge >= 0.3 is 0 Å². The van der Waals surface area contributed by atoms with E-state index < -0.39 is 0 Å². The molecular weight excluding hydrogens is 403 g/mol. The Labute approximate surface area is 141 Å². The average Bonchev–Trinajstić information content (AvgIpc) is 2.47. The summed E-state index contributed by atoms with van der Waals surface area (Å²) in [5.41, 5.74) is 1.24. The molecule has 0 N–H and O–H groups in total. The third-order valence-electron chi connectivity index (χ3n) is 3.08. The molecule has 0 aliphatic carbocycles. The van der Waals surface area contributed by atoms with Gasteiger partial charge in [-0.3, -0.25) is 0 Å². The van der Waals surface area contributed by atoms with Crippen LogP contribution in [-0.2, 0) is 0 Å². The lowest BCUT2D eigenvalue weighted by atomic mass is 9.98. The van der Waals surface area contributed by atoms with Gasteiger partial charge in [0.15, 0.2) is 0 Å². The third kappa shape index (κ3) is 4.51. The summed E-state index contributed by atoms with van der Waals surface area (Å²) < 4.78 is 7.92. The lowest BCUT2D eigenvalue weighted by Crippen LogP contribution is -2.08. The van der Waals surface area contributed by atoms with E-state index in [1.807, 2.05) is 42.5 Å². The molecule has 2 aromatic rings. The maximum atomic E-state index is 6.09. The molecule has 2 aromatic carbocycles. The quantitative estimate of drug-likeness (QED) is 0.523. The molecule has 0 fully saturated rings. The molecule has 4 heteroatoms. The molecule has 1 atom stereocenters. The summed E-state index contributed by atoms with van der Waals surface area (Å²) in [5, 5.41) is 0. The largest absolute Gasteiger partial charge is 0.494 e. The van der Waals surface area contributed by atoms with Crippen LogP contribution >= 0.6 is 43.5 Å². The first-order valence-corrected chi connectivity index (χ1v) is 8.51. The van der Waals surface area contributed by atoms with E-state index in [1.165, 1.54) is 5.56 Å². The summed E-state index contributed by atoms with van der Waals surface area (Å²) >= 11 is 13.1. The van der Waals surface area contributed by atoms with Crippen molar-refractivity contribution in [3.05, 3.63) is 63.0 Å². The molecule has 106 valence electrons. The van der Waals surface area contributed by atoms with Crippen molar-refractivity contribution in [3.8, 4) is 5.75 Å². The van der Waals surface area contributed by atoms with Crippen LogP contribution in [0, 0.1) is 0 Å². The van der Waals surface area contributed by atoms with Gasteiger partial charge in [0, 0.05) is 20.7 Å². The molecule has 0 saturated carbocycles. The summed E-state index contributed by atoms with van der Waals surface area (Å²) in [6, 6.07) is 16.1. The van der Waals surface area contributed by atoms with E-state index in [0.29, 0.717) is 18.4 Å². The van der Waals surface area contributed by atoms with Crippen LogP contribution in [0.2, 0.25) is 0 Å².